The molecule has 3 nitrogen and oxygen atoms in total. The van der Waals surface area contributed by atoms with Crippen LogP contribution in [0.2, 0.25) is 0 Å². The second-order valence-corrected chi connectivity index (χ2v) is 4.35. The van der Waals surface area contributed by atoms with Crippen LogP contribution in [-0.4, -0.2) is 30.4 Å². The fourth-order valence-corrected chi connectivity index (χ4v) is 1.83. The minimum Gasteiger partial charge on any atom is -0.497 e. The van der Waals surface area contributed by atoms with Gasteiger partial charge in [0.2, 0.25) is 0 Å². The molecule has 0 bridgehead atoms. The van der Waals surface area contributed by atoms with E-state index in [2.05, 4.69) is 0 Å². The first-order chi connectivity index (χ1) is 8.61. The number of amides is 1. The summed E-state index contributed by atoms with van der Waals surface area (Å²) >= 11 is 0. The van der Waals surface area contributed by atoms with Gasteiger partial charge < -0.3 is 9.64 Å². The Morgan fingerprint density at radius 2 is 2.00 bits per heavy atom. The number of methoxy groups -OCH3 is 1. The lowest BCUT2D eigenvalue weighted by atomic mass is 10.2. The summed E-state index contributed by atoms with van der Waals surface area (Å²) in [5, 5.41) is 0. The molecule has 1 aliphatic carbocycles. The Morgan fingerprint density at radius 1 is 1.39 bits per heavy atom. The number of hydrogen-bond donors (Lipinski definition) is 0. The van der Waals surface area contributed by atoms with Gasteiger partial charge in [0.25, 0.3) is 5.91 Å². The monoisotopic (exact) mass is 255 g/mol. The fourth-order valence-electron chi connectivity index (χ4n) is 1.83. The van der Waals surface area contributed by atoms with E-state index in [9.17, 15) is 13.6 Å². The number of hydrogen-bond acceptors (Lipinski definition) is 2. The van der Waals surface area contributed by atoms with Crippen LogP contribution in [0, 0.1) is 0 Å². The van der Waals surface area contributed by atoms with Crippen molar-refractivity contribution in [3.05, 3.63) is 29.8 Å². The van der Waals surface area contributed by atoms with E-state index in [0.29, 0.717) is 5.75 Å². The standard InChI is InChI=1S/C13H15F2NO2/c1-18-11-6-2-9(3-7-11)8-16(10-4-5-10)13(17)12(14)15/h2-3,6-7,10,12H,4-5,8H2,1H3. The smallest absolute Gasteiger partial charge is 0.315 e. The Morgan fingerprint density at radius 3 is 2.44 bits per heavy atom. The maximum atomic E-state index is 12.5. The van der Waals surface area contributed by atoms with Crippen molar-refractivity contribution in [3.8, 4) is 5.75 Å². The molecule has 0 aromatic heterocycles. The Labute approximate surface area is 104 Å². The van der Waals surface area contributed by atoms with Crippen LogP contribution >= 0.6 is 0 Å². The van der Waals surface area contributed by atoms with E-state index in [1.54, 1.807) is 31.4 Å². The largest absolute Gasteiger partial charge is 0.497 e. The topological polar surface area (TPSA) is 29.5 Å². The Kier molecular flexibility index (Phi) is 3.79. The van der Waals surface area contributed by atoms with Crippen molar-refractivity contribution in [3.63, 3.8) is 0 Å². The summed E-state index contributed by atoms with van der Waals surface area (Å²) in [6.07, 6.45) is -1.30. The molecule has 0 N–H and O–H groups in total. The number of carbonyl (C=O) groups excluding carboxylic acids is 1. The normalized spacial score (nSPS) is 14.7. The van der Waals surface area contributed by atoms with Gasteiger partial charge >= 0.3 is 6.43 Å². The predicted octanol–water partition coefficient (Wildman–Crippen LogP) is 2.45. The highest BCUT2D eigenvalue weighted by Crippen LogP contribution is 2.29. The summed E-state index contributed by atoms with van der Waals surface area (Å²) < 4.78 is 30.0. The molecule has 0 heterocycles. The van der Waals surface area contributed by atoms with Crippen LogP contribution in [0.5, 0.6) is 5.75 Å². The van der Waals surface area contributed by atoms with Gasteiger partial charge in [-0.25, -0.2) is 0 Å². The van der Waals surface area contributed by atoms with Crippen molar-refractivity contribution in [2.24, 2.45) is 0 Å². The number of rotatable bonds is 5. The SMILES string of the molecule is COc1ccc(CN(C(=O)C(F)F)C2CC2)cc1. The number of carbonyl (C=O) groups is 1. The van der Waals surface area contributed by atoms with Crippen LogP contribution in [0.25, 0.3) is 0 Å². The lowest BCUT2D eigenvalue weighted by Gasteiger charge is -2.22. The first-order valence-corrected chi connectivity index (χ1v) is 5.83. The summed E-state index contributed by atoms with van der Waals surface area (Å²) in [5.74, 6) is -0.370. The van der Waals surface area contributed by atoms with Gasteiger partial charge in [-0.3, -0.25) is 4.79 Å². The second kappa shape index (κ2) is 5.33. The van der Waals surface area contributed by atoms with Crippen LogP contribution in [0.4, 0.5) is 8.78 Å². The zero-order valence-corrected chi connectivity index (χ0v) is 10.1. The molecule has 1 aromatic carbocycles. The second-order valence-electron chi connectivity index (χ2n) is 4.35. The molecule has 0 unspecified atom stereocenters. The van der Waals surface area contributed by atoms with Gasteiger partial charge in [-0.1, -0.05) is 12.1 Å². The van der Waals surface area contributed by atoms with Crippen molar-refractivity contribution in [2.75, 3.05) is 7.11 Å². The average molecular weight is 255 g/mol. The molecule has 1 amide bonds. The molecule has 0 radical (unpaired) electrons. The van der Waals surface area contributed by atoms with Gasteiger partial charge in [-0.2, -0.15) is 8.78 Å². The van der Waals surface area contributed by atoms with E-state index in [1.165, 1.54) is 4.90 Å². The highest BCUT2D eigenvalue weighted by atomic mass is 19.3. The van der Waals surface area contributed by atoms with Crippen LogP contribution in [-0.2, 0) is 11.3 Å². The molecule has 1 saturated carbocycles. The molecule has 0 saturated heterocycles. The predicted molar refractivity (Wildman–Crippen MR) is 62.6 cm³/mol. The van der Waals surface area contributed by atoms with E-state index in [1.807, 2.05) is 0 Å². The lowest BCUT2D eigenvalue weighted by molar-refractivity contribution is -0.144. The first-order valence-electron chi connectivity index (χ1n) is 5.83. The van der Waals surface area contributed by atoms with Crippen LogP contribution < -0.4 is 4.74 Å². The zero-order chi connectivity index (χ0) is 13.1. The highest BCUT2D eigenvalue weighted by molar-refractivity contribution is 5.80. The third-order valence-corrected chi connectivity index (χ3v) is 2.97. The summed E-state index contributed by atoms with van der Waals surface area (Å²) in [7, 11) is 1.56. The average Bonchev–Trinajstić information content (AvgIpc) is 3.20. The zero-order valence-electron chi connectivity index (χ0n) is 10.1. The molecule has 2 rings (SSSR count). The molecule has 18 heavy (non-hydrogen) atoms. The van der Waals surface area contributed by atoms with E-state index in [-0.39, 0.29) is 12.6 Å². The van der Waals surface area contributed by atoms with Gasteiger partial charge in [0.1, 0.15) is 5.75 Å². The van der Waals surface area contributed by atoms with Gasteiger partial charge in [-0.05, 0) is 30.5 Å². The van der Waals surface area contributed by atoms with Gasteiger partial charge in [0.15, 0.2) is 0 Å². The van der Waals surface area contributed by atoms with E-state index >= 15 is 0 Å². The van der Waals surface area contributed by atoms with Crippen molar-refractivity contribution in [1.82, 2.24) is 4.90 Å². The first kappa shape index (κ1) is 12.8. The molecule has 0 aliphatic heterocycles. The Bertz CT molecular complexity index is 416. The summed E-state index contributed by atoms with van der Waals surface area (Å²) in [6.45, 7) is 0.234. The molecular weight excluding hydrogens is 240 g/mol. The van der Waals surface area contributed by atoms with E-state index in [0.717, 1.165) is 18.4 Å². The third kappa shape index (κ3) is 2.97. The summed E-state index contributed by atoms with van der Waals surface area (Å²) in [5.41, 5.74) is 0.830. The van der Waals surface area contributed by atoms with Gasteiger partial charge in [-0.15, -0.1) is 0 Å². The highest BCUT2D eigenvalue weighted by Gasteiger charge is 2.35. The van der Waals surface area contributed by atoms with Crippen LogP contribution in [0.1, 0.15) is 18.4 Å². The summed E-state index contributed by atoms with van der Waals surface area (Å²) in [4.78, 5) is 12.7. The number of nitrogens with zero attached hydrogens (tertiary/aromatic N) is 1. The fraction of sp³-hybridized carbons (Fsp3) is 0.462. The third-order valence-electron chi connectivity index (χ3n) is 2.97. The summed E-state index contributed by atoms with van der Waals surface area (Å²) in [6, 6.07) is 7.06. The molecule has 98 valence electrons. The van der Waals surface area contributed by atoms with Crippen molar-refractivity contribution in [2.45, 2.75) is 31.9 Å². The maximum absolute atomic E-state index is 12.5. The number of benzene rings is 1. The van der Waals surface area contributed by atoms with Crippen molar-refractivity contribution in [1.29, 1.82) is 0 Å². The van der Waals surface area contributed by atoms with Crippen molar-refractivity contribution >= 4 is 5.91 Å². The molecule has 1 aromatic rings. The quantitative estimate of drug-likeness (QED) is 0.808. The number of alkyl halides is 2. The minimum atomic E-state index is -2.93. The van der Waals surface area contributed by atoms with Gasteiger partial charge in [0, 0.05) is 12.6 Å². The van der Waals surface area contributed by atoms with Crippen molar-refractivity contribution < 1.29 is 18.3 Å². The molecule has 5 heteroatoms. The van der Waals surface area contributed by atoms with Crippen LogP contribution in [0.3, 0.4) is 0 Å². The van der Waals surface area contributed by atoms with E-state index in [4.69, 9.17) is 4.74 Å². The Hall–Kier alpha value is -1.65. The Balaban J connectivity index is 2.06. The number of halogens is 2. The van der Waals surface area contributed by atoms with E-state index < -0.39 is 12.3 Å². The molecular formula is C13H15F2NO2. The lowest BCUT2D eigenvalue weighted by Crippen LogP contribution is -2.36. The molecule has 1 aliphatic rings. The molecule has 0 atom stereocenters. The minimum absolute atomic E-state index is 0.0198. The van der Waals surface area contributed by atoms with Gasteiger partial charge in [0.05, 0.1) is 7.11 Å². The maximum Gasteiger partial charge on any atom is 0.315 e. The molecule has 0 spiro atoms. The molecule has 1 fully saturated rings. The number of ether oxygens (including phenoxy) is 1. The van der Waals surface area contributed by atoms with Crippen LogP contribution in [0.15, 0.2) is 24.3 Å².